The van der Waals surface area contributed by atoms with Gasteiger partial charge in [0.15, 0.2) is 5.17 Å². The van der Waals surface area contributed by atoms with Gasteiger partial charge in [-0.05, 0) is 6.42 Å². The summed E-state index contributed by atoms with van der Waals surface area (Å²) in [5.41, 5.74) is 5.33. The number of thioether (sulfide) groups is 1. The first-order valence-corrected chi connectivity index (χ1v) is 5.87. The van der Waals surface area contributed by atoms with Gasteiger partial charge in [-0.3, -0.25) is 4.99 Å². The molecule has 1 saturated heterocycles. The van der Waals surface area contributed by atoms with E-state index in [1.807, 2.05) is 6.92 Å². The molecule has 0 spiro atoms. The Balaban J connectivity index is 2.55. The highest BCUT2D eigenvalue weighted by Crippen LogP contribution is 2.28. The van der Waals surface area contributed by atoms with Gasteiger partial charge < -0.3 is 20.7 Å². The van der Waals surface area contributed by atoms with Crippen LogP contribution in [0.15, 0.2) is 4.99 Å². The maximum Gasteiger partial charge on any atom is 0.156 e. The summed E-state index contributed by atoms with van der Waals surface area (Å²) in [6.45, 7) is 1.91. The van der Waals surface area contributed by atoms with Crippen molar-refractivity contribution in [2.75, 3.05) is 7.05 Å². The molecule has 0 aromatic rings. The summed E-state index contributed by atoms with van der Waals surface area (Å²) >= 11 is 1.28. The molecule has 0 amide bonds. The van der Waals surface area contributed by atoms with Crippen molar-refractivity contribution >= 4 is 16.9 Å². The molecule has 0 unspecified atom stereocenters. The number of aliphatic hydroxyl groups excluding tert-OH is 2. The van der Waals surface area contributed by atoms with Crippen molar-refractivity contribution in [3.63, 3.8) is 0 Å². The van der Waals surface area contributed by atoms with Crippen LogP contribution in [0.4, 0.5) is 0 Å². The van der Waals surface area contributed by atoms with Crippen molar-refractivity contribution in [1.82, 2.24) is 0 Å². The van der Waals surface area contributed by atoms with Crippen molar-refractivity contribution in [3.05, 3.63) is 0 Å². The van der Waals surface area contributed by atoms with E-state index in [1.54, 1.807) is 7.05 Å². The van der Waals surface area contributed by atoms with Gasteiger partial charge in [-0.15, -0.1) is 0 Å². The monoisotopic (exact) mass is 234 g/mol. The third-order valence-corrected chi connectivity index (χ3v) is 3.40. The molecule has 6 heteroatoms. The van der Waals surface area contributed by atoms with Crippen LogP contribution >= 0.6 is 11.8 Å². The molecule has 0 saturated carbocycles. The zero-order chi connectivity index (χ0) is 11.4. The zero-order valence-electron chi connectivity index (χ0n) is 8.96. The number of aliphatic hydroxyl groups is 2. The van der Waals surface area contributed by atoms with Crippen LogP contribution in [-0.4, -0.2) is 46.2 Å². The van der Waals surface area contributed by atoms with Gasteiger partial charge in [-0.1, -0.05) is 18.7 Å². The second-order valence-electron chi connectivity index (χ2n) is 3.49. The van der Waals surface area contributed by atoms with Crippen molar-refractivity contribution < 1.29 is 14.9 Å². The van der Waals surface area contributed by atoms with E-state index >= 15 is 0 Å². The van der Waals surface area contributed by atoms with Crippen LogP contribution in [0.25, 0.3) is 0 Å². The molecule has 0 aliphatic carbocycles. The van der Waals surface area contributed by atoms with Crippen LogP contribution in [-0.2, 0) is 4.74 Å². The highest BCUT2D eigenvalue weighted by Gasteiger charge is 2.36. The Hall–Kier alpha value is -0.300. The van der Waals surface area contributed by atoms with Crippen LogP contribution in [0.1, 0.15) is 19.8 Å². The van der Waals surface area contributed by atoms with Gasteiger partial charge in [0, 0.05) is 13.5 Å². The van der Waals surface area contributed by atoms with E-state index in [-0.39, 0.29) is 11.5 Å². The van der Waals surface area contributed by atoms with E-state index in [4.69, 9.17) is 10.5 Å². The fourth-order valence-corrected chi connectivity index (χ4v) is 2.38. The zero-order valence-corrected chi connectivity index (χ0v) is 9.78. The smallest absolute Gasteiger partial charge is 0.156 e. The summed E-state index contributed by atoms with van der Waals surface area (Å²) in [5, 5.41) is 19.6. The normalized spacial score (nSPS) is 38.0. The predicted molar refractivity (Wildman–Crippen MR) is 60.7 cm³/mol. The number of aliphatic imine (C=N–C) groups is 1. The SMILES string of the molecule is CC[C@H]1O[C@H](SC(N)=NC)C[C@@H](O)[C@@H]1O. The van der Waals surface area contributed by atoms with Crippen LogP contribution in [0.5, 0.6) is 0 Å². The van der Waals surface area contributed by atoms with Gasteiger partial charge in [-0.2, -0.15) is 0 Å². The minimum atomic E-state index is -0.799. The number of nitrogens with two attached hydrogens (primary N) is 1. The number of hydrogen-bond acceptors (Lipinski definition) is 5. The van der Waals surface area contributed by atoms with Crippen LogP contribution in [0.3, 0.4) is 0 Å². The Morgan fingerprint density at radius 2 is 2.27 bits per heavy atom. The maximum absolute atomic E-state index is 9.61. The van der Waals surface area contributed by atoms with Crippen molar-refractivity contribution in [2.45, 2.75) is 43.5 Å². The number of ether oxygens (including phenoxy) is 1. The highest BCUT2D eigenvalue weighted by atomic mass is 32.2. The van der Waals surface area contributed by atoms with Gasteiger partial charge in [0.05, 0.1) is 12.2 Å². The molecule has 1 heterocycles. The summed E-state index contributed by atoms with van der Waals surface area (Å²) in [4.78, 5) is 3.81. The molecule has 88 valence electrons. The summed E-state index contributed by atoms with van der Waals surface area (Å²) in [7, 11) is 1.60. The standard InChI is InChI=1S/C9H18N2O3S/c1-3-6-8(13)5(12)4-7(14-6)15-9(10)11-2/h5-8,12-13H,3-4H2,1-2H3,(H2,10,11)/t5-,6-,7-,8+/m1/s1. The lowest BCUT2D eigenvalue weighted by Crippen LogP contribution is -2.47. The molecule has 1 aliphatic rings. The molecule has 1 rings (SSSR count). The second kappa shape index (κ2) is 5.69. The first-order valence-electron chi connectivity index (χ1n) is 4.99. The Morgan fingerprint density at radius 1 is 1.60 bits per heavy atom. The van der Waals surface area contributed by atoms with Crippen molar-refractivity contribution in [2.24, 2.45) is 10.7 Å². The third kappa shape index (κ3) is 3.34. The van der Waals surface area contributed by atoms with E-state index < -0.39 is 12.2 Å². The topological polar surface area (TPSA) is 88.1 Å². The quantitative estimate of drug-likeness (QED) is 0.459. The molecular weight excluding hydrogens is 216 g/mol. The molecule has 0 bridgehead atoms. The molecule has 5 nitrogen and oxygen atoms in total. The van der Waals surface area contributed by atoms with Gasteiger partial charge in [0.25, 0.3) is 0 Å². The van der Waals surface area contributed by atoms with Crippen LogP contribution in [0.2, 0.25) is 0 Å². The minimum absolute atomic E-state index is 0.225. The van der Waals surface area contributed by atoms with E-state index in [9.17, 15) is 10.2 Å². The van der Waals surface area contributed by atoms with E-state index in [2.05, 4.69) is 4.99 Å². The number of nitrogens with zero attached hydrogens (tertiary/aromatic N) is 1. The molecule has 0 radical (unpaired) electrons. The average Bonchev–Trinajstić information content (AvgIpc) is 2.22. The van der Waals surface area contributed by atoms with Gasteiger partial charge in [0.1, 0.15) is 11.5 Å². The van der Waals surface area contributed by atoms with E-state index in [1.165, 1.54) is 11.8 Å². The van der Waals surface area contributed by atoms with Crippen molar-refractivity contribution in [1.29, 1.82) is 0 Å². The highest BCUT2D eigenvalue weighted by molar-refractivity contribution is 8.14. The summed E-state index contributed by atoms with van der Waals surface area (Å²) in [6, 6.07) is 0. The lowest BCUT2D eigenvalue weighted by atomic mass is 10.0. The Morgan fingerprint density at radius 3 is 2.80 bits per heavy atom. The summed E-state index contributed by atoms with van der Waals surface area (Å²) in [5.74, 6) is 0. The molecule has 4 N–H and O–H groups in total. The van der Waals surface area contributed by atoms with Gasteiger partial charge >= 0.3 is 0 Å². The Labute approximate surface area is 93.7 Å². The summed E-state index contributed by atoms with van der Waals surface area (Å²) in [6.07, 6.45) is -0.829. The first kappa shape index (κ1) is 12.8. The number of rotatable bonds is 2. The molecule has 1 fully saturated rings. The number of amidine groups is 1. The summed E-state index contributed by atoms with van der Waals surface area (Å²) < 4.78 is 5.58. The molecule has 0 aromatic heterocycles. The average molecular weight is 234 g/mol. The van der Waals surface area contributed by atoms with Crippen molar-refractivity contribution in [3.8, 4) is 0 Å². The Kier molecular flexibility index (Phi) is 4.85. The second-order valence-corrected chi connectivity index (χ2v) is 4.67. The van der Waals surface area contributed by atoms with Crippen LogP contribution < -0.4 is 5.73 Å². The lowest BCUT2D eigenvalue weighted by molar-refractivity contribution is -0.144. The van der Waals surface area contributed by atoms with E-state index in [0.717, 1.165) is 0 Å². The molecule has 4 atom stereocenters. The Bertz CT molecular complexity index is 237. The molecule has 0 aromatic carbocycles. The predicted octanol–water partition coefficient (Wildman–Crippen LogP) is -0.0891. The van der Waals surface area contributed by atoms with Crippen LogP contribution in [0, 0.1) is 0 Å². The van der Waals surface area contributed by atoms with Gasteiger partial charge in [0.2, 0.25) is 0 Å². The molecule has 15 heavy (non-hydrogen) atoms. The number of hydrogen-bond donors (Lipinski definition) is 3. The van der Waals surface area contributed by atoms with E-state index in [0.29, 0.717) is 18.0 Å². The fraction of sp³-hybridized carbons (Fsp3) is 0.889. The molecule has 1 aliphatic heterocycles. The maximum atomic E-state index is 9.61. The fourth-order valence-electron chi connectivity index (χ4n) is 1.52. The largest absolute Gasteiger partial charge is 0.390 e. The lowest BCUT2D eigenvalue weighted by Gasteiger charge is -2.36. The van der Waals surface area contributed by atoms with Gasteiger partial charge in [-0.25, -0.2) is 0 Å². The molecular formula is C9H18N2O3S. The minimum Gasteiger partial charge on any atom is -0.390 e. The third-order valence-electron chi connectivity index (χ3n) is 2.41. The first-order chi connectivity index (χ1) is 7.08.